The lowest BCUT2D eigenvalue weighted by molar-refractivity contribution is 0.699. The fraction of sp³-hybridized carbons (Fsp3) is 1.00. The van der Waals surface area contributed by atoms with Gasteiger partial charge in [-0.15, -0.1) is 0 Å². The number of rotatable bonds is 2. The first-order valence-electron chi connectivity index (χ1n) is 2.39. The van der Waals surface area contributed by atoms with E-state index in [2.05, 4.69) is 39.1 Å². The molecule has 0 spiro atoms. The van der Waals surface area contributed by atoms with Gasteiger partial charge in [-0.25, -0.2) is 0 Å². The first-order valence-corrected chi connectivity index (χ1v) is 3.47. The van der Waals surface area contributed by atoms with E-state index in [1.54, 1.807) is 0 Å². The van der Waals surface area contributed by atoms with E-state index in [1.807, 2.05) is 0 Å². The summed E-state index contributed by atoms with van der Waals surface area (Å²) in [6.07, 6.45) is 1.07. The van der Waals surface area contributed by atoms with Crippen molar-refractivity contribution in [2.75, 3.05) is 5.75 Å². The maximum Gasteiger partial charge on any atom is 0.00809 e. The monoisotopic (exact) mass is 136 g/mol. The Morgan fingerprint density at radius 2 is 1.86 bits per heavy atom. The largest absolute Gasteiger partial charge is 0.179 e. The molecule has 0 radical (unpaired) electrons. The van der Waals surface area contributed by atoms with Gasteiger partial charge in [0.15, 0.2) is 0 Å². The minimum absolute atomic E-state index is 0.168. The molecule has 0 aliphatic heterocycles. The second-order valence-corrected chi connectivity index (χ2v) is 3.94. The summed E-state index contributed by atoms with van der Waals surface area (Å²) >= 11 is 8.35. The van der Waals surface area contributed by atoms with Gasteiger partial charge in [0.25, 0.3) is 0 Å². The number of hydrogen-bond acceptors (Lipinski definition) is 2. The first kappa shape index (κ1) is 7.70. The molecule has 0 amide bonds. The zero-order valence-corrected chi connectivity index (χ0v) is 6.60. The average molecular weight is 136 g/mol. The van der Waals surface area contributed by atoms with Crippen molar-refractivity contribution in [3.05, 3.63) is 0 Å². The quantitative estimate of drug-likeness (QED) is 0.533. The molecule has 0 bridgehead atoms. The molecule has 7 heavy (non-hydrogen) atoms. The van der Waals surface area contributed by atoms with Gasteiger partial charge in [-0.1, -0.05) is 13.8 Å². The van der Waals surface area contributed by atoms with Crippen molar-refractivity contribution in [2.45, 2.75) is 25.0 Å². The zero-order chi connectivity index (χ0) is 5.91. The lowest BCUT2D eigenvalue weighted by Gasteiger charge is -2.13. The van der Waals surface area contributed by atoms with E-state index in [9.17, 15) is 0 Å². The molecule has 44 valence electrons. The Morgan fingerprint density at radius 1 is 1.43 bits per heavy atom. The van der Waals surface area contributed by atoms with Crippen molar-refractivity contribution < 1.29 is 0 Å². The highest BCUT2D eigenvalue weighted by atomic mass is 32.1. The van der Waals surface area contributed by atoms with Crippen molar-refractivity contribution in [3.63, 3.8) is 0 Å². The van der Waals surface area contributed by atoms with E-state index in [1.165, 1.54) is 0 Å². The van der Waals surface area contributed by atoms with Crippen molar-refractivity contribution in [3.8, 4) is 0 Å². The summed E-state index contributed by atoms with van der Waals surface area (Å²) in [6, 6.07) is 0. The molecular formula is C5H12S2. The Balaban J connectivity index is 3.15. The Hall–Kier alpha value is 0.700. The molecule has 0 fully saturated rings. The third kappa shape index (κ3) is 6.70. The van der Waals surface area contributed by atoms with Gasteiger partial charge < -0.3 is 0 Å². The molecule has 0 rings (SSSR count). The standard InChI is InChI=1S/C5H12S2/c1-5(2,7)3-4-6/h6-7H,3-4H2,1-2H3. The predicted octanol–water partition coefficient (Wildman–Crippen LogP) is 2.01. The van der Waals surface area contributed by atoms with Crippen LogP contribution < -0.4 is 0 Å². The molecule has 0 aliphatic rings. The van der Waals surface area contributed by atoms with Crippen molar-refractivity contribution in [2.24, 2.45) is 0 Å². The van der Waals surface area contributed by atoms with Gasteiger partial charge in [-0.05, 0) is 12.2 Å². The van der Waals surface area contributed by atoms with E-state index in [0.29, 0.717) is 0 Å². The second-order valence-electron chi connectivity index (χ2n) is 2.29. The van der Waals surface area contributed by atoms with Gasteiger partial charge in [-0.2, -0.15) is 25.3 Å². The Bertz CT molecular complexity index is 44.5. The van der Waals surface area contributed by atoms with Gasteiger partial charge in [0.1, 0.15) is 0 Å². The smallest absolute Gasteiger partial charge is 0.00809 e. The molecule has 0 N–H and O–H groups in total. The summed E-state index contributed by atoms with van der Waals surface area (Å²) in [5, 5.41) is 0. The van der Waals surface area contributed by atoms with Gasteiger partial charge >= 0.3 is 0 Å². The molecule has 0 aromatic heterocycles. The minimum Gasteiger partial charge on any atom is -0.179 e. The summed E-state index contributed by atoms with van der Waals surface area (Å²) in [4.78, 5) is 0. The van der Waals surface area contributed by atoms with Crippen LogP contribution in [0.25, 0.3) is 0 Å². The van der Waals surface area contributed by atoms with Crippen LogP contribution in [0, 0.1) is 0 Å². The van der Waals surface area contributed by atoms with Gasteiger partial charge in [0.05, 0.1) is 0 Å². The van der Waals surface area contributed by atoms with Crippen LogP contribution in [0.3, 0.4) is 0 Å². The Morgan fingerprint density at radius 3 is 1.86 bits per heavy atom. The van der Waals surface area contributed by atoms with Crippen LogP contribution in [0.1, 0.15) is 20.3 Å². The molecule has 0 saturated carbocycles. The molecule has 0 aromatic carbocycles. The summed E-state index contributed by atoms with van der Waals surface area (Å²) in [5.74, 6) is 0.927. The number of thiol groups is 2. The van der Waals surface area contributed by atoms with E-state index in [0.717, 1.165) is 12.2 Å². The van der Waals surface area contributed by atoms with Crippen LogP contribution in [0.4, 0.5) is 0 Å². The van der Waals surface area contributed by atoms with Crippen LogP contribution in [0.15, 0.2) is 0 Å². The predicted molar refractivity (Wildman–Crippen MR) is 41.5 cm³/mol. The fourth-order valence-corrected chi connectivity index (χ4v) is 1.12. The van der Waals surface area contributed by atoms with Crippen LogP contribution >= 0.6 is 25.3 Å². The number of hydrogen-bond donors (Lipinski definition) is 2. The fourth-order valence-electron chi connectivity index (χ4n) is 0.274. The molecular weight excluding hydrogens is 124 g/mol. The third-order valence-electron chi connectivity index (χ3n) is 0.724. The average Bonchev–Trinajstić information content (AvgIpc) is 1.30. The highest BCUT2D eigenvalue weighted by Crippen LogP contribution is 2.16. The van der Waals surface area contributed by atoms with Crippen LogP contribution in [0.5, 0.6) is 0 Å². The van der Waals surface area contributed by atoms with E-state index >= 15 is 0 Å². The summed E-state index contributed by atoms with van der Waals surface area (Å²) in [6.45, 7) is 4.18. The first-order chi connectivity index (χ1) is 3.06. The van der Waals surface area contributed by atoms with E-state index in [-0.39, 0.29) is 4.75 Å². The molecule has 0 unspecified atom stereocenters. The SMILES string of the molecule is CC(C)(S)CCS. The normalized spacial score (nSPS) is 12.0. The van der Waals surface area contributed by atoms with Gasteiger partial charge in [0.2, 0.25) is 0 Å². The Kier molecular flexibility index (Phi) is 3.16. The third-order valence-corrected chi connectivity index (χ3v) is 1.17. The molecule has 0 saturated heterocycles. The molecule has 0 aromatic rings. The Labute approximate surface area is 56.5 Å². The molecule has 0 aliphatic carbocycles. The lowest BCUT2D eigenvalue weighted by Crippen LogP contribution is -2.09. The van der Waals surface area contributed by atoms with Gasteiger partial charge in [0, 0.05) is 4.75 Å². The maximum absolute atomic E-state index is 4.29. The molecule has 2 heteroatoms. The van der Waals surface area contributed by atoms with Crippen LogP contribution in [-0.2, 0) is 0 Å². The van der Waals surface area contributed by atoms with Crippen molar-refractivity contribution in [1.82, 2.24) is 0 Å². The lowest BCUT2D eigenvalue weighted by atomic mass is 10.1. The van der Waals surface area contributed by atoms with Crippen LogP contribution in [-0.4, -0.2) is 10.5 Å². The summed E-state index contributed by atoms with van der Waals surface area (Å²) < 4.78 is 0.168. The summed E-state index contributed by atoms with van der Waals surface area (Å²) in [5.41, 5.74) is 0. The van der Waals surface area contributed by atoms with Crippen molar-refractivity contribution in [1.29, 1.82) is 0 Å². The van der Waals surface area contributed by atoms with Gasteiger partial charge in [-0.3, -0.25) is 0 Å². The zero-order valence-electron chi connectivity index (χ0n) is 4.81. The highest BCUT2D eigenvalue weighted by Gasteiger charge is 2.07. The maximum atomic E-state index is 4.29. The molecule has 0 heterocycles. The topological polar surface area (TPSA) is 0 Å². The second kappa shape index (κ2) is 2.88. The van der Waals surface area contributed by atoms with E-state index < -0.39 is 0 Å². The minimum atomic E-state index is 0.168. The summed E-state index contributed by atoms with van der Waals surface area (Å²) in [7, 11) is 0. The van der Waals surface area contributed by atoms with Crippen LogP contribution in [0.2, 0.25) is 0 Å². The molecule has 0 atom stereocenters. The van der Waals surface area contributed by atoms with Crippen molar-refractivity contribution >= 4 is 25.3 Å². The van der Waals surface area contributed by atoms with E-state index in [4.69, 9.17) is 0 Å². The molecule has 0 nitrogen and oxygen atoms in total. The highest BCUT2D eigenvalue weighted by molar-refractivity contribution is 7.82.